The summed E-state index contributed by atoms with van der Waals surface area (Å²) in [7, 11) is 1.21. The topological polar surface area (TPSA) is 82.1 Å². The minimum atomic E-state index is -0.990. The van der Waals surface area contributed by atoms with E-state index in [1.165, 1.54) is 14.0 Å². The number of hydrogen-bond donors (Lipinski definition) is 0. The third-order valence-electron chi connectivity index (χ3n) is 4.28. The summed E-state index contributed by atoms with van der Waals surface area (Å²) in [6.45, 7) is 7.76. The fraction of sp³-hybridized carbons (Fsp3) is 0.450. The molecule has 0 bridgehead atoms. The number of carbonyl (C=O) groups is 3. The second kappa shape index (κ2) is 10.2. The van der Waals surface area contributed by atoms with Crippen molar-refractivity contribution in [2.45, 2.75) is 46.3 Å². The second-order valence-electron chi connectivity index (χ2n) is 6.35. The van der Waals surface area contributed by atoms with E-state index < -0.39 is 23.2 Å². The molecule has 0 spiro atoms. The molecule has 0 radical (unpaired) electrons. The largest absolute Gasteiger partial charge is 0.490 e. The van der Waals surface area contributed by atoms with Crippen LogP contribution in [-0.2, 0) is 14.3 Å². The third-order valence-corrected chi connectivity index (χ3v) is 5.75. The molecule has 1 aliphatic heterocycles. The maximum Gasteiger partial charge on any atom is 0.328 e. The fourth-order valence-corrected chi connectivity index (χ4v) is 4.04. The van der Waals surface area contributed by atoms with Gasteiger partial charge in [0.05, 0.1) is 29.2 Å². The molecule has 2 amide bonds. The number of methoxy groups -OCH3 is 1. The monoisotopic (exact) mass is 485 g/mol. The zero-order valence-corrected chi connectivity index (χ0v) is 19.4. The van der Waals surface area contributed by atoms with Crippen LogP contribution in [0.5, 0.6) is 11.5 Å². The van der Waals surface area contributed by atoms with Crippen molar-refractivity contribution in [3.63, 3.8) is 0 Å². The van der Waals surface area contributed by atoms with Crippen molar-refractivity contribution in [2.24, 2.45) is 0 Å². The van der Waals surface area contributed by atoms with E-state index in [0.717, 1.165) is 23.1 Å². The normalized spacial score (nSPS) is 17.4. The van der Waals surface area contributed by atoms with Gasteiger partial charge in [-0.25, -0.2) is 4.79 Å². The first-order valence-electron chi connectivity index (χ1n) is 9.21. The maximum atomic E-state index is 12.7. The lowest BCUT2D eigenvalue weighted by Gasteiger charge is -2.19. The fourth-order valence-electron chi connectivity index (χ4n) is 2.57. The Morgan fingerprint density at radius 2 is 1.97 bits per heavy atom. The van der Waals surface area contributed by atoms with E-state index in [1.807, 2.05) is 20.8 Å². The first-order chi connectivity index (χ1) is 13.7. The summed E-state index contributed by atoms with van der Waals surface area (Å²) in [6, 6.07) is 2.55. The molecule has 7 nitrogen and oxygen atoms in total. The van der Waals surface area contributed by atoms with E-state index in [0.29, 0.717) is 28.1 Å². The molecule has 158 valence electrons. The van der Waals surface area contributed by atoms with Crippen molar-refractivity contribution < 1.29 is 28.6 Å². The summed E-state index contributed by atoms with van der Waals surface area (Å²) in [5.74, 6) is -0.0604. The van der Waals surface area contributed by atoms with Crippen molar-refractivity contribution in [3.8, 4) is 11.5 Å². The molecule has 1 aromatic carbocycles. The van der Waals surface area contributed by atoms with Gasteiger partial charge in [-0.3, -0.25) is 14.5 Å². The highest BCUT2D eigenvalue weighted by Gasteiger charge is 2.41. The summed E-state index contributed by atoms with van der Waals surface area (Å²) >= 11 is 4.28. The first-order valence-corrected chi connectivity index (χ1v) is 10.8. The molecule has 0 N–H and O–H groups in total. The number of hydrogen-bond acceptors (Lipinski definition) is 7. The Hall–Kier alpha value is -2.00. The lowest BCUT2D eigenvalue weighted by atomic mass is 10.1. The van der Waals surface area contributed by atoms with Crippen LogP contribution in [0.2, 0.25) is 0 Å². The Balaban J connectivity index is 2.37. The van der Waals surface area contributed by atoms with Crippen LogP contribution in [0, 0.1) is 0 Å². The van der Waals surface area contributed by atoms with Gasteiger partial charge < -0.3 is 14.2 Å². The molecule has 0 aromatic heterocycles. The van der Waals surface area contributed by atoms with Crippen molar-refractivity contribution in [3.05, 3.63) is 27.1 Å². The van der Waals surface area contributed by atoms with Crippen molar-refractivity contribution >= 4 is 50.9 Å². The maximum absolute atomic E-state index is 12.7. The van der Waals surface area contributed by atoms with Crippen molar-refractivity contribution in [1.82, 2.24) is 4.90 Å². The van der Waals surface area contributed by atoms with E-state index in [-0.39, 0.29) is 11.0 Å². The van der Waals surface area contributed by atoms with Gasteiger partial charge in [0, 0.05) is 0 Å². The van der Waals surface area contributed by atoms with Crippen molar-refractivity contribution in [1.29, 1.82) is 0 Å². The van der Waals surface area contributed by atoms with Crippen LogP contribution >= 0.6 is 27.7 Å². The zero-order valence-electron chi connectivity index (χ0n) is 17.0. The smallest absolute Gasteiger partial charge is 0.328 e. The van der Waals surface area contributed by atoms with Gasteiger partial charge in [-0.2, -0.15) is 0 Å². The molecule has 1 heterocycles. The van der Waals surface area contributed by atoms with Gasteiger partial charge in [0.25, 0.3) is 11.1 Å². The SMILES string of the molecule is CCOc1cc(/C=C2/SC(=O)N([C@@H](C)C(=O)OC)C2=O)cc(Br)c1O[C@@H](C)CC. The highest BCUT2D eigenvalue weighted by atomic mass is 79.9. The molecule has 29 heavy (non-hydrogen) atoms. The minimum Gasteiger partial charge on any atom is -0.490 e. The number of ether oxygens (including phenoxy) is 3. The van der Waals surface area contributed by atoms with Crippen LogP contribution in [0.4, 0.5) is 4.79 Å². The van der Waals surface area contributed by atoms with E-state index >= 15 is 0 Å². The van der Waals surface area contributed by atoms with Gasteiger partial charge >= 0.3 is 5.97 Å². The van der Waals surface area contributed by atoms with Crippen LogP contribution in [0.1, 0.15) is 39.7 Å². The summed E-state index contributed by atoms with van der Waals surface area (Å²) in [4.78, 5) is 37.8. The number of thioether (sulfide) groups is 1. The summed E-state index contributed by atoms with van der Waals surface area (Å²) < 4.78 is 17.0. The minimum absolute atomic E-state index is 0.00710. The molecule has 0 saturated carbocycles. The number of benzene rings is 1. The van der Waals surface area contributed by atoms with E-state index in [1.54, 1.807) is 18.2 Å². The van der Waals surface area contributed by atoms with Gasteiger partial charge in [0.2, 0.25) is 0 Å². The Morgan fingerprint density at radius 3 is 2.55 bits per heavy atom. The quantitative estimate of drug-likeness (QED) is 0.392. The molecule has 2 rings (SSSR count). The second-order valence-corrected chi connectivity index (χ2v) is 8.20. The number of carbonyl (C=O) groups excluding carboxylic acids is 3. The lowest BCUT2D eigenvalue weighted by Crippen LogP contribution is -2.42. The third kappa shape index (κ3) is 5.33. The summed E-state index contributed by atoms with van der Waals surface area (Å²) in [5, 5.41) is -0.514. The Kier molecular flexibility index (Phi) is 8.15. The van der Waals surface area contributed by atoms with Gasteiger partial charge in [0.15, 0.2) is 11.5 Å². The average Bonchev–Trinajstić information content (AvgIpc) is 2.96. The van der Waals surface area contributed by atoms with Gasteiger partial charge in [-0.1, -0.05) is 6.92 Å². The number of esters is 1. The molecule has 2 atom stereocenters. The van der Waals surface area contributed by atoms with Gasteiger partial charge in [-0.15, -0.1) is 0 Å². The Labute approximate surface area is 182 Å². The van der Waals surface area contributed by atoms with E-state index in [9.17, 15) is 14.4 Å². The predicted octanol–water partition coefficient (Wildman–Crippen LogP) is 4.62. The predicted molar refractivity (Wildman–Crippen MR) is 115 cm³/mol. The average molecular weight is 486 g/mol. The number of amides is 2. The van der Waals surface area contributed by atoms with Crippen molar-refractivity contribution in [2.75, 3.05) is 13.7 Å². The van der Waals surface area contributed by atoms with Gasteiger partial charge in [-0.05, 0) is 78.7 Å². The Morgan fingerprint density at radius 1 is 1.28 bits per heavy atom. The first kappa shape index (κ1) is 23.3. The van der Waals surface area contributed by atoms with Crippen LogP contribution in [0.15, 0.2) is 21.5 Å². The highest BCUT2D eigenvalue weighted by molar-refractivity contribution is 9.10. The highest BCUT2D eigenvalue weighted by Crippen LogP contribution is 2.40. The van der Waals surface area contributed by atoms with Crippen LogP contribution in [0.3, 0.4) is 0 Å². The lowest BCUT2D eigenvalue weighted by molar-refractivity contribution is -0.148. The van der Waals surface area contributed by atoms with E-state index in [4.69, 9.17) is 9.47 Å². The molecule has 1 saturated heterocycles. The number of rotatable bonds is 8. The van der Waals surface area contributed by atoms with E-state index in [2.05, 4.69) is 20.7 Å². The molecule has 0 unspecified atom stereocenters. The number of imide groups is 1. The number of nitrogens with zero attached hydrogens (tertiary/aromatic N) is 1. The zero-order chi connectivity index (χ0) is 21.7. The standard InChI is InChI=1S/C20H24BrNO6S/c1-6-11(3)28-17-14(21)8-13(9-15(17)27-7-2)10-16-18(23)22(20(25)29-16)12(4)19(24)26-5/h8-12H,6-7H2,1-5H3/b16-10+/t11-,12-/m0/s1. The Bertz CT molecular complexity index is 841. The molecule has 0 aliphatic carbocycles. The van der Waals surface area contributed by atoms with Crippen LogP contribution in [0.25, 0.3) is 6.08 Å². The molecular formula is C20H24BrNO6S. The van der Waals surface area contributed by atoms with Gasteiger partial charge in [0.1, 0.15) is 6.04 Å². The molecular weight excluding hydrogens is 462 g/mol. The number of halogens is 1. The summed E-state index contributed by atoms with van der Waals surface area (Å²) in [5.41, 5.74) is 0.660. The molecule has 9 heteroatoms. The summed E-state index contributed by atoms with van der Waals surface area (Å²) in [6.07, 6.45) is 2.44. The van der Waals surface area contributed by atoms with Crippen LogP contribution < -0.4 is 9.47 Å². The van der Waals surface area contributed by atoms with Crippen LogP contribution in [-0.4, -0.2) is 47.9 Å². The molecule has 1 fully saturated rings. The molecule has 1 aliphatic rings. The molecule has 1 aromatic rings.